The van der Waals surface area contributed by atoms with Crippen LogP contribution >= 0.6 is 8.15 Å². The Hall–Kier alpha value is -0.960. The van der Waals surface area contributed by atoms with Crippen molar-refractivity contribution in [3.8, 4) is 0 Å². The van der Waals surface area contributed by atoms with Gasteiger partial charge in [-0.15, -0.1) is 0 Å². The molecule has 1 atom stereocenters. The van der Waals surface area contributed by atoms with Crippen molar-refractivity contribution in [2.45, 2.75) is 109 Å². The maximum atomic E-state index is 12.0. The number of aryl methyl sites for hydroxylation is 1. The highest BCUT2D eigenvalue weighted by molar-refractivity contribution is 7.69. The van der Waals surface area contributed by atoms with E-state index in [1.54, 1.807) is 0 Å². The lowest BCUT2D eigenvalue weighted by Crippen LogP contribution is -2.39. The molecule has 3 N–H and O–H groups in total. The van der Waals surface area contributed by atoms with E-state index in [4.69, 9.17) is 5.73 Å². The lowest BCUT2D eigenvalue weighted by Gasteiger charge is -2.23. The van der Waals surface area contributed by atoms with Crippen LogP contribution in [0.2, 0.25) is 0 Å². The number of nitrogens with zero attached hydrogens (tertiary/aromatic N) is 1. The summed E-state index contributed by atoms with van der Waals surface area (Å²) >= 11 is 0. The van der Waals surface area contributed by atoms with Crippen LogP contribution in [0.3, 0.4) is 0 Å². The summed E-state index contributed by atoms with van der Waals surface area (Å²) in [4.78, 5) is 22.0. The van der Waals surface area contributed by atoms with Gasteiger partial charge in [-0.3, -0.25) is 4.79 Å². The third-order valence-corrected chi connectivity index (χ3v) is 7.92. The Balaban J connectivity index is 1.77. The summed E-state index contributed by atoms with van der Waals surface area (Å²) in [5, 5.41) is 0. The van der Waals surface area contributed by atoms with E-state index in [0.717, 1.165) is 18.5 Å². The second-order valence-corrected chi connectivity index (χ2v) is 12.9. The Bertz CT molecular complexity index is 628. The SMILES string of the molecule is C[N+](C)(C)CC(=O)P(O)CCCCCCCCCCCCCCCCCCc1ccc(N)cc1. The number of likely N-dealkylation sites (N-methyl/N-ethyl adjacent to an activating group) is 1. The third kappa shape index (κ3) is 18.4. The quantitative estimate of drug-likeness (QED) is 0.0753. The first-order valence-corrected chi connectivity index (χ1v) is 15.4. The number of nitrogen functional groups attached to an aromatic ring is 1. The van der Waals surface area contributed by atoms with Gasteiger partial charge in [0.2, 0.25) is 5.52 Å². The molecule has 4 nitrogen and oxygen atoms in total. The van der Waals surface area contributed by atoms with Crippen LogP contribution in [0.5, 0.6) is 0 Å². The van der Waals surface area contributed by atoms with Gasteiger partial charge in [0.25, 0.3) is 0 Å². The minimum Gasteiger partial charge on any atom is -0.399 e. The average molecular weight is 494 g/mol. The van der Waals surface area contributed by atoms with Gasteiger partial charge in [-0.2, -0.15) is 0 Å². The second kappa shape index (κ2) is 19.3. The van der Waals surface area contributed by atoms with Crippen molar-refractivity contribution < 1.29 is 14.2 Å². The normalized spacial score (nSPS) is 12.7. The van der Waals surface area contributed by atoms with E-state index in [2.05, 4.69) is 12.1 Å². The molecule has 0 heterocycles. The molecule has 34 heavy (non-hydrogen) atoms. The molecule has 0 fully saturated rings. The van der Waals surface area contributed by atoms with Crippen LogP contribution in [0.15, 0.2) is 24.3 Å². The van der Waals surface area contributed by atoms with E-state index >= 15 is 0 Å². The van der Waals surface area contributed by atoms with Gasteiger partial charge in [-0.05, 0) is 43.1 Å². The highest BCUT2D eigenvalue weighted by Gasteiger charge is 2.21. The van der Waals surface area contributed by atoms with E-state index in [0.29, 0.717) is 17.2 Å². The lowest BCUT2D eigenvalue weighted by atomic mass is 10.0. The van der Waals surface area contributed by atoms with Gasteiger partial charge in [-0.25, -0.2) is 0 Å². The van der Waals surface area contributed by atoms with Gasteiger partial charge in [0.05, 0.1) is 21.1 Å². The van der Waals surface area contributed by atoms with Gasteiger partial charge >= 0.3 is 0 Å². The van der Waals surface area contributed by atoms with Crippen molar-refractivity contribution in [1.82, 2.24) is 0 Å². The largest absolute Gasteiger partial charge is 0.399 e. The smallest absolute Gasteiger partial charge is 0.234 e. The van der Waals surface area contributed by atoms with Crippen LogP contribution in [0.1, 0.15) is 108 Å². The van der Waals surface area contributed by atoms with E-state index < -0.39 is 8.15 Å². The topological polar surface area (TPSA) is 63.3 Å². The molecule has 1 rings (SSSR count). The number of carbonyl (C=O) groups is 1. The molecule has 0 aliphatic heterocycles. The van der Waals surface area contributed by atoms with Crippen molar-refractivity contribution >= 4 is 19.4 Å². The van der Waals surface area contributed by atoms with E-state index in [1.165, 1.54) is 102 Å². The number of unbranched alkanes of at least 4 members (excludes halogenated alkanes) is 15. The van der Waals surface area contributed by atoms with Crippen molar-refractivity contribution in [3.05, 3.63) is 29.8 Å². The van der Waals surface area contributed by atoms with Gasteiger partial charge in [0, 0.05) is 5.69 Å². The summed E-state index contributed by atoms with van der Waals surface area (Å²) in [6, 6.07) is 8.32. The number of quaternary nitrogens is 1. The molecule has 1 aromatic rings. The van der Waals surface area contributed by atoms with Gasteiger partial charge in [0.15, 0.2) is 0 Å². The summed E-state index contributed by atoms with van der Waals surface area (Å²) in [5.41, 5.74) is 8.05. The van der Waals surface area contributed by atoms with Crippen LogP contribution in [-0.4, -0.2) is 48.8 Å². The number of anilines is 1. The predicted octanol–water partition coefficient (Wildman–Crippen LogP) is 7.67. The maximum absolute atomic E-state index is 12.0. The summed E-state index contributed by atoms with van der Waals surface area (Å²) in [5.74, 6) is 0. The number of benzene rings is 1. The molecule has 0 spiro atoms. The summed E-state index contributed by atoms with van der Waals surface area (Å²) in [7, 11) is 4.57. The number of rotatable bonds is 22. The second-order valence-electron chi connectivity index (χ2n) is 11.1. The molecular formula is C29H54N2O2P+. The molecule has 1 aromatic carbocycles. The summed E-state index contributed by atoms with van der Waals surface area (Å²) < 4.78 is 0.602. The Morgan fingerprint density at radius 3 is 1.50 bits per heavy atom. The van der Waals surface area contributed by atoms with Crippen LogP contribution in [-0.2, 0) is 11.2 Å². The first kappa shape index (κ1) is 31.1. The molecule has 0 saturated carbocycles. The molecule has 0 bridgehead atoms. The van der Waals surface area contributed by atoms with Crippen LogP contribution < -0.4 is 5.73 Å². The van der Waals surface area contributed by atoms with Gasteiger partial charge < -0.3 is 15.1 Å². The Morgan fingerprint density at radius 2 is 1.09 bits per heavy atom. The fraction of sp³-hybridized carbons (Fsp3) is 0.759. The van der Waals surface area contributed by atoms with Crippen molar-refractivity contribution in [1.29, 1.82) is 0 Å². The summed E-state index contributed by atoms with van der Waals surface area (Å²) in [6.07, 6.45) is 23.1. The standard InChI is InChI=1S/C29H54N2O2P/c1-31(2,3)26-29(32)34(33)25-19-17-15-13-11-9-7-5-4-6-8-10-12-14-16-18-20-27-21-23-28(30)24-22-27/h21-24,33H,4-20,25-26,30H2,1-3H3/q+1. The minimum atomic E-state index is -1.42. The zero-order valence-corrected chi connectivity index (χ0v) is 23.5. The number of carbonyl (C=O) groups excluding carboxylic acids is 1. The number of hydrogen-bond acceptors (Lipinski definition) is 3. The fourth-order valence-electron chi connectivity index (χ4n) is 4.36. The lowest BCUT2D eigenvalue weighted by molar-refractivity contribution is -0.861. The minimum absolute atomic E-state index is 0.0490. The Kier molecular flexibility index (Phi) is 17.6. The molecular weight excluding hydrogens is 439 g/mol. The van der Waals surface area contributed by atoms with Crippen molar-refractivity contribution in [3.63, 3.8) is 0 Å². The first-order valence-electron chi connectivity index (χ1n) is 13.9. The molecule has 1 unspecified atom stereocenters. The van der Waals surface area contributed by atoms with Crippen molar-refractivity contribution in [2.75, 3.05) is 39.6 Å². The Morgan fingerprint density at radius 1 is 0.706 bits per heavy atom. The first-order chi connectivity index (χ1) is 16.3. The van der Waals surface area contributed by atoms with E-state index in [-0.39, 0.29) is 5.52 Å². The maximum Gasteiger partial charge on any atom is 0.234 e. The molecule has 196 valence electrons. The number of hydrogen-bond donors (Lipinski definition) is 2. The average Bonchev–Trinajstić information content (AvgIpc) is 2.78. The number of nitrogens with two attached hydrogens (primary N) is 1. The molecule has 0 saturated heterocycles. The van der Waals surface area contributed by atoms with E-state index in [9.17, 15) is 9.69 Å². The van der Waals surface area contributed by atoms with Gasteiger partial charge in [0.1, 0.15) is 14.7 Å². The van der Waals surface area contributed by atoms with Crippen molar-refractivity contribution in [2.24, 2.45) is 0 Å². The van der Waals surface area contributed by atoms with Crippen LogP contribution in [0.25, 0.3) is 0 Å². The summed E-state index contributed by atoms with van der Waals surface area (Å²) in [6.45, 7) is 0.439. The molecule has 0 aliphatic rings. The third-order valence-electron chi connectivity index (χ3n) is 6.46. The molecule has 0 aliphatic carbocycles. The van der Waals surface area contributed by atoms with E-state index in [1.807, 2.05) is 33.3 Å². The zero-order chi connectivity index (χ0) is 25.1. The predicted molar refractivity (Wildman–Crippen MR) is 150 cm³/mol. The fourth-order valence-corrected chi connectivity index (χ4v) is 5.72. The highest BCUT2D eigenvalue weighted by Crippen LogP contribution is 2.33. The monoisotopic (exact) mass is 493 g/mol. The molecule has 0 radical (unpaired) electrons. The van der Waals surface area contributed by atoms with Crippen LogP contribution in [0.4, 0.5) is 5.69 Å². The zero-order valence-electron chi connectivity index (χ0n) is 22.6. The van der Waals surface area contributed by atoms with Crippen LogP contribution in [0, 0.1) is 0 Å². The molecule has 5 heteroatoms. The molecule has 0 aromatic heterocycles. The molecule has 0 amide bonds. The Labute approximate surface area is 212 Å². The highest BCUT2D eigenvalue weighted by atomic mass is 31.1. The van der Waals surface area contributed by atoms with Gasteiger partial charge in [-0.1, -0.05) is 102 Å².